The van der Waals surface area contributed by atoms with Crippen molar-refractivity contribution in [3.05, 3.63) is 33.8 Å². The van der Waals surface area contributed by atoms with Gasteiger partial charge in [0.05, 0.1) is 10.0 Å². The highest BCUT2D eigenvalue weighted by Crippen LogP contribution is 2.52. The van der Waals surface area contributed by atoms with Crippen molar-refractivity contribution >= 4 is 23.2 Å². The molecule has 3 heteroatoms. The molecule has 1 unspecified atom stereocenters. The van der Waals surface area contributed by atoms with E-state index < -0.39 is 0 Å². The number of benzene rings is 1. The summed E-state index contributed by atoms with van der Waals surface area (Å²) in [4.78, 5) is 2.76. The molecule has 4 bridgehead atoms. The van der Waals surface area contributed by atoms with E-state index in [9.17, 15) is 0 Å². The summed E-state index contributed by atoms with van der Waals surface area (Å²) in [6, 6.07) is 7.92. The van der Waals surface area contributed by atoms with Gasteiger partial charge >= 0.3 is 0 Å². The van der Waals surface area contributed by atoms with E-state index in [0.29, 0.717) is 16.0 Å². The Morgan fingerprint density at radius 1 is 1.06 bits per heavy atom. The van der Waals surface area contributed by atoms with Gasteiger partial charge in [-0.1, -0.05) is 29.3 Å². The number of rotatable bonds is 1. The van der Waals surface area contributed by atoms with Crippen LogP contribution in [0.5, 0.6) is 0 Å². The normalized spacial score (nSPS) is 41.3. The average Bonchev–Trinajstić information content (AvgIpc) is 2.82. The summed E-state index contributed by atoms with van der Waals surface area (Å²) in [6.07, 6.45) is 5.50. The molecule has 3 aliphatic rings. The minimum Gasteiger partial charge on any atom is -0.297 e. The Morgan fingerprint density at radius 2 is 1.94 bits per heavy atom. The maximum atomic E-state index is 6.18. The molecule has 0 aromatic heterocycles. The van der Waals surface area contributed by atoms with Crippen molar-refractivity contribution in [3.8, 4) is 0 Å². The van der Waals surface area contributed by atoms with Crippen molar-refractivity contribution in [2.24, 2.45) is 5.92 Å². The quantitative estimate of drug-likeness (QED) is 0.741. The van der Waals surface area contributed by atoms with E-state index in [-0.39, 0.29) is 0 Å². The topological polar surface area (TPSA) is 3.24 Å². The minimum absolute atomic E-state index is 0.673. The molecule has 0 amide bonds. The first-order valence-corrected chi connectivity index (χ1v) is 7.70. The van der Waals surface area contributed by atoms with E-state index in [1.165, 1.54) is 37.8 Å². The smallest absolute Gasteiger partial charge is 0.0595 e. The predicted molar refractivity (Wildman–Crippen MR) is 75.4 cm³/mol. The van der Waals surface area contributed by atoms with Gasteiger partial charge in [-0.05, 0) is 61.8 Å². The van der Waals surface area contributed by atoms with E-state index in [4.69, 9.17) is 23.2 Å². The summed E-state index contributed by atoms with van der Waals surface area (Å²) in [5, 5.41) is 1.38. The summed E-state index contributed by atoms with van der Waals surface area (Å²) in [7, 11) is 0. The fourth-order valence-electron chi connectivity index (χ4n) is 4.58. The van der Waals surface area contributed by atoms with Crippen molar-refractivity contribution in [1.82, 2.24) is 4.90 Å². The fraction of sp³-hybridized carbons (Fsp3) is 0.600. The molecule has 0 radical (unpaired) electrons. The van der Waals surface area contributed by atoms with Crippen LogP contribution in [-0.4, -0.2) is 23.5 Å². The third-order valence-corrected chi connectivity index (χ3v) is 6.06. The lowest BCUT2D eigenvalue weighted by atomic mass is 9.78. The first-order chi connectivity index (χ1) is 8.74. The monoisotopic (exact) mass is 281 g/mol. The molecule has 3 aliphatic heterocycles. The van der Waals surface area contributed by atoms with Crippen molar-refractivity contribution in [3.63, 3.8) is 0 Å². The minimum atomic E-state index is 0.673. The maximum Gasteiger partial charge on any atom is 0.0595 e. The van der Waals surface area contributed by atoms with E-state index in [1.54, 1.807) is 0 Å². The van der Waals surface area contributed by atoms with Gasteiger partial charge in [-0.25, -0.2) is 0 Å². The van der Waals surface area contributed by atoms with Crippen LogP contribution in [0.3, 0.4) is 0 Å². The fourth-order valence-corrected chi connectivity index (χ4v) is 4.89. The molecule has 0 spiro atoms. The van der Waals surface area contributed by atoms with Gasteiger partial charge in [0.1, 0.15) is 0 Å². The lowest BCUT2D eigenvalue weighted by Crippen LogP contribution is -2.40. The number of nitrogens with zero attached hydrogens (tertiary/aromatic N) is 1. The van der Waals surface area contributed by atoms with Crippen LogP contribution < -0.4 is 0 Å². The lowest BCUT2D eigenvalue weighted by Gasteiger charge is -2.37. The highest BCUT2D eigenvalue weighted by molar-refractivity contribution is 6.42. The summed E-state index contributed by atoms with van der Waals surface area (Å²) >= 11 is 12.2. The lowest BCUT2D eigenvalue weighted by molar-refractivity contribution is 0.152. The Morgan fingerprint density at radius 3 is 2.78 bits per heavy atom. The molecule has 3 heterocycles. The molecule has 0 N–H and O–H groups in total. The van der Waals surface area contributed by atoms with Gasteiger partial charge in [-0.3, -0.25) is 4.90 Å². The molecular weight excluding hydrogens is 265 g/mol. The first kappa shape index (κ1) is 11.6. The number of halogens is 2. The van der Waals surface area contributed by atoms with Crippen LogP contribution in [0.25, 0.3) is 0 Å². The summed E-state index contributed by atoms with van der Waals surface area (Å²) < 4.78 is 0. The Bertz CT molecular complexity index is 487. The molecule has 3 fully saturated rings. The van der Waals surface area contributed by atoms with Gasteiger partial charge in [-0.2, -0.15) is 0 Å². The third kappa shape index (κ3) is 1.57. The number of piperidine rings is 1. The second kappa shape index (κ2) is 4.13. The average molecular weight is 282 g/mol. The highest BCUT2D eigenvalue weighted by atomic mass is 35.5. The molecule has 1 aromatic rings. The van der Waals surface area contributed by atoms with E-state index in [2.05, 4.69) is 17.0 Å². The Kier molecular flexibility index (Phi) is 2.65. The standard InChI is InChI=1S/C15H17Cl2N/c16-13-3-1-9(7-14(13)17)12-8-10-2-4-15-11(12)5-6-18(10)15/h1,3,7,10-12,15H,2,4-6,8H2/t10-,11-,12+,15+/m0/s1. The summed E-state index contributed by atoms with van der Waals surface area (Å²) in [5.74, 6) is 1.55. The molecule has 1 nitrogen and oxygen atoms in total. The zero-order chi connectivity index (χ0) is 12.3. The molecule has 5 atom stereocenters. The van der Waals surface area contributed by atoms with Crippen molar-refractivity contribution < 1.29 is 0 Å². The Balaban J connectivity index is 1.70. The zero-order valence-corrected chi connectivity index (χ0v) is 11.8. The largest absolute Gasteiger partial charge is 0.297 e. The van der Waals surface area contributed by atoms with Crippen LogP contribution in [0.2, 0.25) is 10.0 Å². The molecule has 0 aliphatic carbocycles. The molecule has 18 heavy (non-hydrogen) atoms. The Hall–Kier alpha value is -0.240. The van der Waals surface area contributed by atoms with Crippen molar-refractivity contribution in [2.75, 3.05) is 6.54 Å². The van der Waals surface area contributed by atoms with E-state index >= 15 is 0 Å². The second-order valence-electron chi connectivity index (χ2n) is 6.00. The van der Waals surface area contributed by atoms with Gasteiger partial charge in [0.25, 0.3) is 0 Å². The molecule has 4 rings (SSSR count). The Labute approximate surface area is 118 Å². The van der Waals surface area contributed by atoms with E-state index in [0.717, 1.165) is 18.0 Å². The zero-order valence-electron chi connectivity index (χ0n) is 10.3. The van der Waals surface area contributed by atoms with Gasteiger partial charge in [0.15, 0.2) is 0 Å². The van der Waals surface area contributed by atoms with Gasteiger partial charge in [0.2, 0.25) is 0 Å². The highest BCUT2D eigenvalue weighted by Gasteiger charge is 2.50. The molecule has 96 valence electrons. The van der Waals surface area contributed by atoms with E-state index in [1.807, 2.05) is 6.07 Å². The molecule has 0 saturated carbocycles. The maximum absolute atomic E-state index is 6.18. The third-order valence-electron chi connectivity index (χ3n) is 5.32. The van der Waals surface area contributed by atoms with Crippen LogP contribution in [0.15, 0.2) is 18.2 Å². The molecule has 3 saturated heterocycles. The van der Waals surface area contributed by atoms with Crippen molar-refractivity contribution in [1.29, 1.82) is 0 Å². The van der Waals surface area contributed by atoms with Crippen molar-refractivity contribution in [2.45, 2.75) is 43.7 Å². The molecule has 1 aromatic carbocycles. The number of hydrogen-bond acceptors (Lipinski definition) is 1. The van der Waals surface area contributed by atoms with Crippen LogP contribution in [0.4, 0.5) is 0 Å². The van der Waals surface area contributed by atoms with Gasteiger partial charge in [0, 0.05) is 12.1 Å². The van der Waals surface area contributed by atoms with Crippen LogP contribution >= 0.6 is 23.2 Å². The van der Waals surface area contributed by atoms with Crippen LogP contribution in [0, 0.1) is 5.92 Å². The first-order valence-electron chi connectivity index (χ1n) is 6.95. The van der Waals surface area contributed by atoms with Gasteiger partial charge < -0.3 is 0 Å². The summed E-state index contributed by atoms with van der Waals surface area (Å²) in [6.45, 7) is 1.32. The number of hydrogen-bond donors (Lipinski definition) is 0. The second-order valence-corrected chi connectivity index (χ2v) is 6.82. The predicted octanol–water partition coefficient (Wildman–Crippen LogP) is 4.33. The SMILES string of the molecule is Clc1ccc([C@H]2C[C@@H]3CC[C@@H]4[C@H]2CCN34)cc1Cl. The summed E-state index contributed by atoms with van der Waals surface area (Å²) in [5.41, 5.74) is 1.41. The van der Waals surface area contributed by atoms with Crippen LogP contribution in [0.1, 0.15) is 37.2 Å². The van der Waals surface area contributed by atoms with Crippen LogP contribution in [-0.2, 0) is 0 Å². The van der Waals surface area contributed by atoms with Gasteiger partial charge in [-0.15, -0.1) is 0 Å². The molecular formula is C15H17Cl2N.